The lowest BCUT2D eigenvalue weighted by atomic mass is 9.75. The van der Waals surface area contributed by atoms with Gasteiger partial charge in [0.1, 0.15) is 5.69 Å². The number of ketones is 1. The molecule has 2 aromatic rings. The summed E-state index contributed by atoms with van der Waals surface area (Å²) in [6.07, 6.45) is 1.63. The summed E-state index contributed by atoms with van der Waals surface area (Å²) >= 11 is 0. The van der Waals surface area contributed by atoms with E-state index in [1.807, 2.05) is 19.9 Å². The maximum atomic E-state index is 12.2. The van der Waals surface area contributed by atoms with E-state index in [1.54, 1.807) is 6.07 Å². The topological polar surface area (TPSA) is 84.4 Å². The minimum absolute atomic E-state index is 0.163. The number of carbonyl (C=O) groups excluding carboxylic acids is 1. The van der Waals surface area contributed by atoms with Gasteiger partial charge in [0.2, 0.25) is 5.82 Å². The average Bonchev–Trinajstić information content (AvgIpc) is 2.88. The molecule has 0 atom stereocenters. The molecule has 0 spiro atoms. The highest BCUT2D eigenvalue weighted by molar-refractivity contribution is 6.02. The number of pyridine rings is 1. The maximum absolute atomic E-state index is 12.2. The summed E-state index contributed by atoms with van der Waals surface area (Å²) < 4.78 is 0. The van der Waals surface area contributed by atoms with Gasteiger partial charge in [-0.15, -0.1) is 10.2 Å². The van der Waals surface area contributed by atoms with E-state index >= 15 is 0 Å². The number of aryl methyl sites for hydroxylation is 1. The van der Waals surface area contributed by atoms with E-state index in [-0.39, 0.29) is 11.2 Å². The molecular formula is C12H13N5O. The van der Waals surface area contributed by atoms with Crippen molar-refractivity contribution in [3.8, 4) is 11.5 Å². The van der Waals surface area contributed by atoms with Gasteiger partial charge in [-0.05, 0) is 30.2 Å². The first-order chi connectivity index (χ1) is 8.58. The zero-order chi connectivity index (χ0) is 12.8. The van der Waals surface area contributed by atoms with Crippen molar-refractivity contribution < 1.29 is 4.79 Å². The van der Waals surface area contributed by atoms with Crippen molar-refractivity contribution in [2.75, 3.05) is 0 Å². The molecule has 18 heavy (non-hydrogen) atoms. The number of hydrogen-bond donors (Lipinski definition) is 1. The van der Waals surface area contributed by atoms with Crippen molar-refractivity contribution in [1.29, 1.82) is 0 Å². The Bertz CT molecular complexity index is 603. The van der Waals surface area contributed by atoms with Crippen molar-refractivity contribution >= 4 is 5.78 Å². The fourth-order valence-corrected chi connectivity index (χ4v) is 2.20. The average molecular weight is 243 g/mol. The van der Waals surface area contributed by atoms with Gasteiger partial charge in [0, 0.05) is 11.0 Å². The predicted molar refractivity (Wildman–Crippen MR) is 63.8 cm³/mol. The minimum atomic E-state index is -0.289. The van der Waals surface area contributed by atoms with Gasteiger partial charge in [-0.2, -0.15) is 5.21 Å². The van der Waals surface area contributed by atoms with E-state index in [1.165, 1.54) is 0 Å². The molecule has 0 aliphatic heterocycles. The Hall–Kier alpha value is -2.11. The van der Waals surface area contributed by atoms with Crippen molar-refractivity contribution in [3.63, 3.8) is 0 Å². The summed E-state index contributed by atoms with van der Waals surface area (Å²) in [5.74, 6) is 0.617. The summed E-state index contributed by atoms with van der Waals surface area (Å²) in [7, 11) is 0. The van der Waals surface area contributed by atoms with Crippen molar-refractivity contribution in [2.45, 2.75) is 26.7 Å². The van der Waals surface area contributed by atoms with Crippen LogP contribution in [0.1, 0.15) is 36.3 Å². The van der Waals surface area contributed by atoms with Crippen LogP contribution >= 0.6 is 0 Å². The van der Waals surface area contributed by atoms with Crippen LogP contribution in [-0.2, 0) is 6.42 Å². The Morgan fingerprint density at radius 3 is 2.89 bits per heavy atom. The third-order valence-electron chi connectivity index (χ3n) is 3.39. The number of tetrazole rings is 1. The molecule has 1 aliphatic carbocycles. The van der Waals surface area contributed by atoms with Crippen LogP contribution in [0, 0.1) is 5.41 Å². The van der Waals surface area contributed by atoms with Crippen LogP contribution in [0.3, 0.4) is 0 Å². The molecule has 2 aromatic heterocycles. The van der Waals surface area contributed by atoms with Crippen molar-refractivity contribution in [2.24, 2.45) is 5.41 Å². The number of rotatable bonds is 1. The van der Waals surface area contributed by atoms with Gasteiger partial charge < -0.3 is 0 Å². The van der Waals surface area contributed by atoms with Gasteiger partial charge in [-0.25, -0.2) is 4.98 Å². The van der Waals surface area contributed by atoms with E-state index < -0.39 is 0 Å². The second-order valence-corrected chi connectivity index (χ2v) is 5.14. The van der Waals surface area contributed by atoms with Gasteiger partial charge in [-0.3, -0.25) is 4.79 Å². The lowest BCUT2D eigenvalue weighted by Crippen LogP contribution is -2.31. The molecule has 0 aromatic carbocycles. The highest BCUT2D eigenvalue weighted by Gasteiger charge is 2.34. The first-order valence-electron chi connectivity index (χ1n) is 5.86. The third-order valence-corrected chi connectivity index (χ3v) is 3.39. The molecule has 0 saturated carbocycles. The number of H-pyrrole nitrogens is 1. The maximum Gasteiger partial charge on any atom is 0.222 e. The largest absolute Gasteiger partial charge is 0.294 e. The number of nitrogens with one attached hydrogen (secondary N) is 1. The Morgan fingerprint density at radius 1 is 1.33 bits per heavy atom. The van der Waals surface area contributed by atoms with Gasteiger partial charge in [0.15, 0.2) is 5.78 Å². The van der Waals surface area contributed by atoms with E-state index in [0.717, 1.165) is 24.1 Å². The second kappa shape index (κ2) is 3.69. The number of carbonyl (C=O) groups is 1. The molecular weight excluding hydrogens is 230 g/mol. The zero-order valence-electron chi connectivity index (χ0n) is 10.3. The van der Waals surface area contributed by atoms with Gasteiger partial charge in [0.25, 0.3) is 0 Å². The lowest BCUT2D eigenvalue weighted by Gasteiger charge is -2.28. The molecule has 0 amide bonds. The highest BCUT2D eigenvalue weighted by atomic mass is 16.1. The molecule has 1 N–H and O–H groups in total. The van der Waals surface area contributed by atoms with Crippen LogP contribution in [0.5, 0.6) is 0 Å². The third kappa shape index (κ3) is 1.61. The SMILES string of the molecule is CC1(C)CCc2nc(-c3nn[nH]n3)ccc2C1=O. The normalized spacial score (nSPS) is 17.6. The summed E-state index contributed by atoms with van der Waals surface area (Å²) in [5, 5.41) is 13.7. The summed E-state index contributed by atoms with van der Waals surface area (Å²) in [6.45, 7) is 3.96. The monoisotopic (exact) mass is 243 g/mol. The Labute approximate surface area is 104 Å². The number of hydrogen-bond acceptors (Lipinski definition) is 5. The summed E-state index contributed by atoms with van der Waals surface area (Å²) in [6, 6.07) is 3.58. The zero-order valence-corrected chi connectivity index (χ0v) is 10.3. The first kappa shape index (κ1) is 11.0. The van der Waals surface area contributed by atoms with Crippen molar-refractivity contribution in [3.05, 3.63) is 23.4 Å². The molecule has 3 rings (SSSR count). The molecule has 0 unspecified atom stereocenters. The smallest absolute Gasteiger partial charge is 0.222 e. The van der Waals surface area contributed by atoms with Crippen LogP contribution in [0.25, 0.3) is 11.5 Å². The van der Waals surface area contributed by atoms with Gasteiger partial charge in [-0.1, -0.05) is 13.8 Å². The van der Waals surface area contributed by atoms with E-state index in [0.29, 0.717) is 11.5 Å². The molecule has 0 saturated heterocycles. The fraction of sp³-hybridized carbons (Fsp3) is 0.417. The van der Waals surface area contributed by atoms with E-state index in [9.17, 15) is 4.79 Å². The molecule has 1 aliphatic rings. The number of aromatic nitrogens is 5. The van der Waals surface area contributed by atoms with Crippen LogP contribution in [0.2, 0.25) is 0 Å². The summed E-state index contributed by atoms with van der Waals surface area (Å²) in [4.78, 5) is 16.7. The second-order valence-electron chi connectivity index (χ2n) is 5.14. The number of fused-ring (bicyclic) bond motifs is 1. The van der Waals surface area contributed by atoms with Crippen LogP contribution in [-0.4, -0.2) is 31.4 Å². The lowest BCUT2D eigenvalue weighted by molar-refractivity contribution is 0.0809. The molecule has 6 nitrogen and oxygen atoms in total. The molecule has 6 heteroatoms. The quantitative estimate of drug-likeness (QED) is 0.818. The first-order valence-corrected chi connectivity index (χ1v) is 5.86. The highest BCUT2D eigenvalue weighted by Crippen LogP contribution is 2.34. The fourth-order valence-electron chi connectivity index (χ4n) is 2.20. The molecule has 0 bridgehead atoms. The number of Topliss-reactive ketones (excluding diaryl/α,β-unsaturated/α-hetero) is 1. The van der Waals surface area contributed by atoms with Crippen molar-refractivity contribution in [1.82, 2.24) is 25.6 Å². The Kier molecular flexibility index (Phi) is 2.26. The molecule has 0 radical (unpaired) electrons. The Balaban J connectivity index is 2.06. The van der Waals surface area contributed by atoms with E-state index in [2.05, 4.69) is 25.6 Å². The number of aromatic amines is 1. The number of nitrogens with zero attached hydrogens (tertiary/aromatic N) is 4. The molecule has 92 valence electrons. The molecule has 2 heterocycles. The minimum Gasteiger partial charge on any atom is -0.294 e. The summed E-state index contributed by atoms with van der Waals surface area (Å²) in [5.41, 5.74) is 1.91. The van der Waals surface area contributed by atoms with Crippen LogP contribution in [0.15, 0.2) is 12.1 Å². The van der Waals surface area contributed by atoms with Crippen LogP contribution in [0.4, 0.5) is 0 Å². The van der Waals surface area contributed by atoms with Crippen LogP contribution < -0.4 is 0 Å². The van der Waals surface area contributed by atoms with E-state index in [4.69, 9.17) is 0 Å². The standard InChI is InChI=1S/C12H13N5O/c1-12(2)6-5-8-7(10(12)18)3-4-9(13-8)11-14-16-17-15-11/h3-4H,5-6H2,1-2H3,(H,14,15,16,17). The molecule has 0 fully saturated rings. The Morgan fingerprint density at radius 2 is 2.17 bits per heavy atom. The van der Waals surface area contributed by atoms with Gasteiger partial charge in [0.05, 0.1) is 5.69 Å². The predicted octanol–water partition coefficient (Wildman–Crippen LogP) is 1.42. The van der Waals surface area contributed by atoms with Gasteiger partial charge >= 0.3 is 0 Å².